The molecule has 0 spiro atoms. The summed E-state index contributed by atoms with van der Waals surface area (Å²) >= 11 is 1.32. The van der Waals surface area contributed by atoms with E-state index < -0.39 is 9.84 Å². The Bertz CT molecular complexity index is 1080. The van der Waals surface area contributed by atoms with E-state index >= 15 is 0 Å². The Hall–Kier alpha value is -2.45. The number of para-hydroxylation sites is 1. The third-order valence-corrected chi connectivity index (χ3v) is 5.67. The molecule has 3 aromatic rings. The molecule has 0 saturated heterocycles. The second-order valence-electron chi connectivity index (χ2n) is 5.73. The van der Waals surface area contributed by atoms with Gasteiger partial charge in [0.05, 0.1) is 16.2 Å². The summed E-state index contributed by atoms with van der Waals surface area (Å²) in [7, 11) is -3.32. The summed E-state index contributed by atoms with van der Waals surface area (Å²) in [5.74, 6) is 0.567. The molecule has 0 saturated carbocycles. The van der Waals surface area contributed by atoms with Crippen LogP contribution in [0, 0.1) is 6.92 Å². The number of carbonyl (C=O) groups excluding carboxylic acids is 1. The maximum absolute atomic E-state index is 12.2. The van der Waals surface area contributed by atoms with Crippen molar-refractivity contribution in [2.75, 3.05) is 17.3 Å². The minimum atomic E-state index is -3.32. The summed E-state index contributed by atoms with van der Waals surface area (Å²) in [6, 6.07) is 13.8. The van der Waals surface area contributed by atoms with Crippen LogP contribution in [0.25, 0.3) is 10.9 Å². The van der Waals surface area contributed by atoms with Crippen molar-refractivity contribution < 1.29 is 13.2 Å². The molecule has 26 heavy (non-hydrogen) atoms. The van der Waals surface area contributed by atoms with E-state index in [2.05, 4.69) is 15.3 Å². The first-order chi connectivity index (χ1) is 12.3. The zero-order valence-electron chi connectivity index (χ0n) is 14.3. The highest BCUT2D eigenvalue weighted by atomic mass is 32.2. The smallest absolute Gasteiger partial charge is 0.234 e. The van der Waals surface area contributed by atoms with Gasteiger partial charge in [-0.15, -0.1) is 0 Å². The summed E-state index contributed by atoms with van der Waals surface area (Å²) in [5.41, 5.74) is 1.28. The van der Waals surface area contributed by atoms with Gasteiger partial charge >= 0.3 is 0 Å². The van der Waals surface area contributed by atoms with Crippen molar-refractivity contribution in [2.45, 2.75) is 16.8 Å². The molecular weight excluding hydrogens is 370 g/mol. The molecule has 0 atom stereocenters. The lowest BCUT2D eigenvalue weighted by Crippen LogP contribution is -2.14. The predicted molar refractivity (Wildman–Crippen MR) is 103 cm³/mol. The fourth-order valence-corrected chi connectivity index (χ4v) is 3.94. The summed E-state index contributed by atoms with van der Waals surface area (Å²) in [4.78, 5) is 21.2. The van der Waals surface area contributed by atoms with E-state index in [1.165, 1.54) is 23.9 Å². The molecule has 3 rings (SSSR count). The average Bonchev–Trinajstić information content (AvgIpc) is 2.59. The van der Waals surface area contributed by atoms with Gasteiger partial charge in [0.2, 0.25) is 5.91 Å². The third-order valence-electron chi connectivity index (χ3n) is 3.57. The molecule has 0 aliphatic rings. The van der Waals surface area contributed by atoms with Crippen LogP contribution in [0.5, 0.6) is 0 Å². The van der Waals surface area contributed by atoms with Crippen LogP contribution in [-0.4, -0.2) is 36.3 Å². The Morgan fingerprint density at radius 2 is 1.88 bits per heavy atom. The SMILES string of the molecule is Cc1nc(SCC(=O)Nc2cccc(S(C)(=O)=O)c2)c2ccccc2n1. The van der Waals surface area contributed by atoms with E-state index in [1.807, 2.05) is 31.2 Å². The highest BCUT2D eigenvalue weighted by Crippen LogP contribution is 2.25. The minimum Gasteiger partial charge on any atom is -0.325 e. The lowest BCUT2D eigenvalue weighted by Gasteiger charge is -2.08. The number of sulfone groups is 1. The number of amides is 1. The van der Waals surface area contributed by atoms with Gasteiger partial charge in [0.25, 0.3) is 0 Å². The number of aromatic nitrogens is 2. The van der Waals surface area contributed by atoms with Crippen LogP contribution in [0.4, 0.5) is 5.69 Å². The van der Waals surface area contributed by atoms with E-state index in [0.717, 1.165) is 22.2 Å². The minimum absolute atomic E-state index is 0.156. The van der Waals surface area contributed by atoms with Crippen molar-refractivity contribution in [1.29, 1.82) is 0 Å². The zero-order chi connectivity index (χ0) is 18.7. The Kier molecular flexibility index (Phi) is 5.24. The van der Waals surface area contributed by atoms with Crippen LogP contribution in [0.2, 0.25) is 0 Å². The van der Waals surface area contributed by atoms with Gasteiger partial charge in [-0.1, -0.05) is 36.0 Å². The summed E-state index contributed by atoms with van der Waals surface area (Å²) in [6.45, 7) is 1.81. The molecule has 0 unspecified atom stereocenters. The van der Waals surface area contributed by atoms with E-state index in [0.29, 0.717) is 11.5 Å². The Labute approximate surface area is 156 Å². The molecule has 0 fully saturated rings. The molecule has 6 nitrogen and oxygen atoms in total. The van der Waals surface area contributed by atoms with Crippen molar-refractivity contribution in [2.24, 2.45) is 0 Å². The van der Waals surface area contributed by atoms with Gasteiger partial charge in [0.1, 0.15) is 10.9 Å². The van der Waals surface area contributed by atoms with Gasteiger partial charge in [-0.3, -0.25) is 4.79 Å². The summed E-state index contributed by atoms with van der Waals surface area (Å²) in [5, 5.41) is 4.36. The van der Waals surface area contributed by atoms with Crippen LogP contribution in [0.1, 0.15) is 5.82 Å². The normalized spacial score (nSPS) is 11.5. The quantitative estimate of drug-likeness (QED) is 0.535. The Balaban J connectivity index is 1.72. The number of nitrogens with zero attached hydrogens (tertiary/aromatic N) is 2. The highest BCUT2D eigenvalue weighted by Gasteiger charge is 2.11. The molecule has 2 aromatic carbocycles. The molecule has 0 bridgehead atoms. The molecule has 0 radical (unpaired) electrons. The Morgan fingerprint density at radius 3 is 2.65 bits per heavy atom. The molecule has 0 aliphatic heterocycles. The van der Waals surface area contributed by atoms with Crippen molar-refractivity contribution in [3.63, 3.8) is 0 Å². The predicted octanol–water partition coefficient (Wildman–Crippen LogP) is 3.07. The second kappa shape index (κ2) is 7.43. The van der Waals surface area contributed by atoms with Crippen molar-refractivity contribution in [3.8, 4) is 0 Å². The average molecular weight is 387 g/mol. The van der Waals surface area contributed by atoms with E-state index in [-0.39, 0.29) is 16.6 Å². The number of hydrogen-bond donors (Lipinski definition) is 1. The fraction of sp³-hybridized carbons (Fsp3) is 0.167. The van der Waals surface area contributed by atoms with Crippen molar-refractivity contribution in [3.05, 3.63) is 54.4 Å². The number of hydrogen-bond acceptors (Lipinski definition) is 6. The summed E-state index contributed by atoms with van der Waals surface area (Å²) in [6.07, 6.45) is 1.13. The molecule has 8 heteroatoms. The van der Waals surface area contributed by atoms with Crippen LogP contribution in [-0.2, 0) is 14.6 Å². The monoisotopic (exact) mass is 387 g/mol. The van der Waals surface area contributed by atoms with Gasteiger partial charge in [0.15, 0.2) is 9.84 Å². The first-order valence-corrected chi connectivity index (χ1v) is 10.7. The maximum atomic E-state index is 12.2. The molecule has 1 amide bonds. The first kappa shape index (κ1) is 18.3. The topological polar surface area (TPSA) is 89.0 Å². The van der Waals surface area contributed by atoms with Gasteiger partial charge in [0, 0.05) is 17.3 Å². The zero-order valence-corrected chi connectivity index (χ0v) is 15.9. The van der Waals surface area contributed by atoms with Gasteiger partial charge < -0.3 is 5.32 Å². The lowest BCUT2D eigenvalue weighted by atomic mass is 10.2. The maximum Gasteiger partial charge on any atom is 0.234 e. The van der Waals surface area contributed by atoms with Gasteiger partial charge in [-0.25, -0.2) is 18.4 Å². The second-order valence-corrected chi connectivity index (χ2v) is 8.71. The fourth-order valence-electron chi connectivity index (χ4n) is 2.40. The molecule has 1 heterocycles. The number of carbonyl (C=O) groups is 1. The number of rotatable bonds is 5. The molecular formula is C18H17N3O3S2. The van der Waals surface area contributed by atoms with Gasteiger partial charge in [-0.05, 0) is 31.2 Å². The number of thioether (sulfide) groups is 1. The number of fused-ring (bicyclic) bond motifs is 1. The molecule has 0 aliphatic carbocycles. The third kappa shape index (κ3) is 4.39. The molecule has 1 aromatic heterocycles. The first-order valence-electron chi connectivity index (χ1n) is 7.79. The molecule has 1 N–H and O–H groups in total. The highest BCUT2D eigenvalue weighted by molar-refractivity contribution is 8.00. The van der Waals surface area contributed by atoms with Crippen LogP contribution < -0.4 is 5.32 Å². The number of aryl methyl sites for hydroxylation is 1. The largest absolute Gasteiger partial charge is 0.325 e. The Morgan fingerprint density at radius 1 is 1.12 bits per heavy atom. The number of anilines is 1. The van der Waals surface area contributed by atoms with Crippen LogP contribution in [0.3, 0.4) is 0 Å². The van der Waals surface area contributed by atoms with Gasteiger partial charge in [-0.2, -0.15) is 0 Å². The van der Waals surface area contributed by atoms with E-state index in [1.54, 1.807) is 12.1 Å². The van der Waals surface area contributed by atoms with E-state index in [9.17, 15) is 13.2 Å². The number of nitrogens with one attached hydrogen (secondary N) is 1. The standard InChI is InChI=1S/C18H17N3O3S2/c1-12-19-16-9-4-3-8-15(16)18(20-12)25-11-17(22)21-13-6-5-7-14(10-13)26(2,23)24/h3-10H,11H2,1-2H3,(H,21,22). The molecule has 134 valence electrons. The number of benzene rings is 2. The van der Waals surface area contributed by atoms with Crippen molar-refractivity contribution >= 4 is 44.1 Å². The van der Waals surface area contributed by atoms with Crippen LogP contribution in [0.15, 0.2) is 58.5 Å². The van der Waals surface area contributed by atoms with Crippen LogP contribution >= 0.6 is 11.8 Å². The van der Waals surface area contributed by atoms with E-state index in [4.69, 9.17) is 0 Å². The summed E-state index contributed by atoms with van der Waals surface area (Å²) < 4.78 is 23.2. The lowest BCUT2D eigenvalue weighted by molar-refractivity contribution is -0.113. The van der Waals surface area contributed by atoms with Crippen molar-refractivity contribution in [1.82, 2.24) is 9.97 Å².